The summed E-state index contributed by atoms with van der Waals surface area (Å²) in [7, 11) is 0. The fourth-order valence-corrected chi connectivity index (χ4v) is 2.47. The summed E-state index contributed by atoms with van der Waals surface area (Å²) in [6, 6.07) is 7.59. The number of hydrogen-bond donors (Lipinski definition) is 1. The Labute approximate surface area is 101 Å². The molecule has 2 rings (SSSR count). The second kappa shape index (κ2) is 5.07. The van der Waals surface area contributed by atoms with Gasteiger partial charge in [0.1, 0.15) is 13.2 Å². The Hall–Kier alpha value is -1.72. The summed E-state index contributed by atoms with van der Waals surface area (Å²) in [6.07, 6.45) is 0. The van der Waals surface area contributed by atoms with Crippen molar-refractivity contribution in [3.05, 3.63) is 35.2 Å². The zero-order chi connectivity index (χ0) is 12.3. The number of ketones is 1. The van der Waals surface area contributed by atoms with Crippen LogP contribution in [0.5, 0.6) is 0 Å². The van der Waals surface area contributed by atoms with Gasteiger partial charge in [0.05, 0.1) is 0 Å². The minimum atomic E-state index is -1.08. The second-order valence-electron chi connectivity index (χ2n) is 3.46. The van der Waals surface area contributed by atoms with Gasteiger partial charge in [-0.05, 0) is 6.07 Å². The molecule has 5 heteroatoms. The third-order valence-electron chi connectivity index (χ3n) is 2.24. The van der Waals surface area contributed by atoms with E-state index in [-0.39, 0.29) is 12.4 Å². The first kappa shape index (κ1) is 11.8. The van der Waals surface area contributed by atoms with Crippen molar-refractivity contribution in [2.75, 3.05) is 13.2 Å². The molecule has 0 unspecified atom stereocenters. The number of fused-ring (bicyclic) bond motifs is 1. The fraction of sp³-hybridized carbons (Fsp3) is 0.167. The van der Waals surface area contributed by atoms with Crippen LogP contribution in [0, 0.1) is 0 Å². The van der Waals surface area contributed by atoms with Crippen molar-refractivity contribution in [2.24, 2.45) is 0 Å². The van der Waals surface area contributed by atoms with E-state index < -0.39 is 12.6 Å². The van der Waals surface area contributed by atoms with Gasteiger partial charge >= 0.3 is 5.97 Å². The van der Waals surface area contributed by atoms with Crippen molar-refractivity contribution in [1.82, 2.24) is 0 Å². The summed E-state index contributed by atoms with van der Waals surface area (Å²) in [5, 5.41) is 11.1. The zero-order valence-electron chi connectivity index (χ0n) is 8.88. The minimum absolute atomic E-state index is 0.191. The lowest BCUT2D eigenvalue weighted by atomic mass is 10.1. The summed E-state index contributed by atoms with van der Waals surface area (Å²) < 4.78 is 5.82. The maximum Gasteiger partial charge on any atom is 0.329 e. The van der Waals surface area contributed by atoms with Gasteiger partial charge in [-0.25, -0.2) is 4.79 Å². The Morgan fingerprint density at radius 3 is 2.76 bits per heavy atom. The lowest BCUT2D eigenvalue weighted by molar-refractivity contribution is -0.141. The van der Waals surface area contributed by atoms with Crippen molar-refractivity contribution in [3.8, 4) is 0 Å². The summed E-state index contributed by atoms with van der Waals surface area (Å²) in [5.74, 6) is -1.27. The van der Waals surface area contributed by atoms with Gasteiger partial charge in [0, 0.05) is 21.0 Å². The van der Waals surface area contributed by atoms with Crippen LogP contribution in [0.3, 0.4) is 0 Å². The molecule has 4 nitrogen and oxygen atoms in total. The van der Waals surface area contributed by atoms with Crippen LogP contribution in [0.1, 0.15) is 10.4 Å². The maximum absolute atomic E-state index is 11.8. The van der Waals surface area contributed by atoms with Crippen LogP contribution in [0.25, 0.3) is 10.1 Å². The van der Waals surface area contributed by atoms with Gasteiger partial charge in [-0.3, -0.25) is 4.79 Å². The molecule has 0 amide bonds. The number of ether oxygens (including phenoxy) is 1. The van der Waals surface area contributed by atoms with Crippen molar-refractivity contribution >= 4 is 33.2 Å². The first-order valence-corrected chi connectivity index (χ1v) is 5.85. The van der Waals surface area contributed by atoms with Crippen LogP contribution in [0.4, 0.5) is 0 Å². The molecular formula is C12H10O4S. The first-order chi connectivity index (χ1) is 8.18. The lowest BCUT2D eigenvalue weighted by Crippen LogP contribution is -2.14. The highest BCUT2D eigenvalue weighted by Crippen LogP contribution is 2.25. The normalized spacial score (nSPS) is 10.6. The van der Waals surface area contributed by atoms with Crippen molar-refractivity contribution in [2.45, 2.75) is 0 Å². The fourth-order valence-electron chi connectivity index (χ4n) is 1.50. The molecule has 1 aromatic heterocycles. The molecule has 0 saturated heterocycles. The van der Waals surface area contributed by atoms with Gasteiger partial charge in [0.25, 0.3) is 0 Å². The van der Waals surface area contributed by atoms with Gasteiger partial charge in [0.2, 0.25) is 0 Å². The monoisotopic (exact) mass is 250 g/mol. The van der Waals surface area contributed by atoms with E-state index in [0.29, 0.717) is 5.56 Å². The van der Waals surface area contributed by atoms with Crippen molar-refractivity contribution in [1.29, 1.82) is 0 Å². The lowest BCUT2D eigenvalue weighted by Gasteiger charge is -2.00. The number of carbonyl (C=O) groups is 2. The molecule has 2 aromatic rings. The molecule has 88 valence electrons. The molecular weight excluding hydrogens is 240 g/mol. The number of carbonyl (C=O) groups excluding carboxylic acids is 1. The van der Waals surface area contributed by atoms with E-state index in [1.807, 2.05) is 24.3 Å². The van der Waals surface area contributed by atoms with E-state index in [2.05, 4.69) is 0 Å². The van der Waals surface area contributed by atoms with Gasteiger partial charge in [-0.15, -0.1) is 11.3 Å². The Bertz CT molecular complexity index is 558. The summed E-state index contributed by atoms with van der Waals surface area (Å²) in [5.41, 5.74) is 0.594. The first-order valence-electron chi connectivity index (χ1n) is 4.97. The topological polar surface area (TPSA) is 63.6 Å². The van der Waals surface area contributed by atoms with Crippen LogP contribution in [-0.4, -0.2) is 30.1 Å². The summed E-state index contributed by atoms with van der Waals surface area (Å²) in [4.78, 5) is 22.0. The smallest absolute Gasteiger partial charge is 0.329 e. The number of rotatable bonds is 5. The Balaban J connectivity index is 2.11. The van der Waals surface area contributed by atoms with Gasteiger partial charge in [0.15, 0.2) is 5.78 Å². The number of carboxylic acid groups (broad SMARTS) is 1. The SMILES string of the molecule is O=C(O)COCC(=O)c1csc2ccccc12. The largest absolute Gasteiger partial charge is 0.480 e. The molecule has 0 aliphatic heterocycles. The molecule has 0 aliphatic carbocycles. The van der Waals surface area contributed by atoms with Gasteiger partial charge in [-0.2, -0.15) is 0 Å². The van der Waals surface area contributed by atoms with Crippen LogP contribution in [0.15, 0.2) is 29.6 Å². The predicted molar refractivity (Wildman–Crippen MR) is 64.6 cm³/mol. The van der Waals surface area contributed by atoms with E-state index in [0.717, 1.165) is 10.1 Å². The number of hydrogen-bond acceptors (Lipinski definition) is 4. The van der Waals surface area contributed by atoms with Crippen LogP contribution in [-0.2, 0) is 9.53 Å². The molecule has 1 N–H and O–H groups in total. The third-order valence-corrected chi connectivity index (χ3v) is 3.20. The Morgan fingerprint density at radius 2 is 2.00 bits per heavy atom. The van der Waals surface area contributed by atoms with E-state index in [1.165, 1.54) is 11.3 Å². The number of thiophene rings is 1. The molecule has 0 saturated carbocycles. The molecule has 0 bridgehead atoms. The molecule has 1 heterocycles. The third kappa shape index (κ3) is 2.69. The van der Waals surface area contributed by atoms with Crippen LogP contribution >= 0.6 is 11.3 Å². The average molecular weight is 250 g/mol. The van der Waals surface area contributed by atoms with E-state index in [9.17, 15) is 9.59 Å². The molecule has 1 aromatic carbocycles. The number of carboxylic acids is 1. The van der Waals surface area contributed by atoms with E-state index in [4.69, 9.17) is 9.84 Å². The van der Waals surface area contributed by atoms with Gasteiger partial charge in [-0.1, -0.05) is 18.2 Å². The quantitative estimate of drug-likeness (QED) is 0.826. The summed E-state index contributed by atoms with van der Waals surface area (Å²) >= 11 is 1.49. The van der Waals surface area contributed by atoms with Crippen molar-refractivity contribution < 1.29 is 19.4 Å². The molecule has 0 spiro atoms. The Morgan fingerprint density at radius 1 is 1.24 bits per heavy atom. The second-order valence-corrected chi connectivity index (χ2v) is 4.37. The molecule has 17 heavy (non-hydrogen) atoms. The predicted octanol–water partition coefficient (Wildman–Crippen LogP) is 2.19. The molecule has 0 atom stereocenters. The highest BCUT2D eigenvalue weighted by molar-refractivity contribution is 7.17. The number of Topliss-reactive ketones (excluding diaryl/α,β-unsaturated/α-hetero) is 1. The molecule has 0 aliphatic rings. The van der Waals surface area contributed by atoms with E-state index >= 15 is 0 Å². The summed E-state index contributed by atoms with van der Waals surface area (Å²) in [6.45, 7) is -0.652. The standard InChI is InChI=1S/C12H10O4S/c13-10(5-16-6-12(14)15)9-7-17-11-4-2-1-3-8(9)11/h1-4,7H,5-6H2,(H,14,15). The number of benzene rings is 1. The molecule has 0 fully saturated rings. The average Bonchev–Trinajstić information content (AvgIpc) is 2.72. The Kier molecular flexibility index (Phi) is 3.51. The molecule has 0 radical (unpaired) electrons. The van der Waals surface area contributed by atoms with Crippen LogP contribution < -0.4 is 0 Å². The maximum atomic E-state index is 11.8. The van der Waals surface area contributed by atoms with Crippen molar-refractivity contribution in [3.63, 3.8) is 0 Å². The zero-order valence-corrected chi connectivity index (χ0v) is 9.70. The van der Waals surface area contributed by atoms with E-state index in [1.54, 1.807) is 5.38 Å². The highest BCUT2D eigenvalue weighted by Gasteiger charge is 2.12. The highest BCUT2D eigenvalue weighted by atomic mass is 32.1. The van der Waals surface area contributed by atoms with Gasteiger partial charge < -0.3 is 9.84 Å². The number of aliphatic carboxylic acids is 1. The minimum Gasteiger partial charge on any atom is -0.480 e. The van der Waals surface area contributed by atoms with Crippen LogP contribution in [0.2, 0.25) is 0 Å².